The van der Waals surface area contributed by atoms with Crippen LogP contribution in [-0.2, 0) is 6.18 Å². The van der Waals surface area contributed by atoms with Gasteiger partial charge < -0.3 is 5.32 Å². The summed E-state index contributed by atoms with van der Waals surface area (Å²) in [6.07, 6.45) is -2.88. The van der Waals surface area contributed by atoms with Crippen molar-refractivity contribution >= 4 is 40.8 Å². The molecule has 0 saturated carbocycles. The van der Waals surface area contributed by atoms with Gasteiger partial charge in [-0.25, -0.2) is 0 Å². The average Bonchev–Trinajstić information content (AvgIpc) is 2.50. The molecule has 0 aliphatic rings. The van der Waals surface area contributed by atoms with Gasteiger partial charge in [0.25, 0.3) is 0 Å². The maximum atomic E-state index is 12.8. The normalized spacial score (nSPS) is 11.6. The lowest BCUT2D eigenvalue weighted by Crippen LogP contribution is -2.24. The van der Waals surface area contributed by atoms with Gasteiger partial charge in [-0.15, -0.1) is 0 Å². The third-order valence-corrected chi connectivity index (χ3v) is 3.86. The Morgan fingerprint density at radius 1 is 1.16 bits per heavy atom. The van der Waals surface area contributed by atoms with Crippen LogP contribution in [-0.4, -0.2) is 11.3 Å². The monoisotopic (exact) mass is 385 g/mol. The second-order valence-electron chi connectivity index (χ2n) is 5.38. The first kappa shape index (κ1) is 19.2. The van der Waals surface area contributed by atoms with E-state index in [1.807, 2.05) is 32.0 Å². The van der Waals surface area contributed by atoms with Crippen LogP contribution in [0.1, 0.15) is 22.3 Å². The molecule has 0 aliphatic carbocycles. The van der Waals surface area contributed by atoms with Crippen molar-refractivity contribution in [3.05, 3.63) is 63.7 Å². The summed E-state index contributed by atoms with van der Waals surface area (Å²) in [5, 5.41) is 6.74. The molecule has 132 valence electrons. The predicted molar refractivity (Wildman–Crippen MR) is 99.3 cm³/mol. The van der Waals surface area contributed by atoms with Gasteiger partial charge in [0.15, 0.2) is 5.11 Å². The zero-order chi connectivity index (χ0) is 18.6. The maximum Gasteiger partial charge on any atom is 0.416 e. The van der Waals surface area contributed by atoms with Crippen LogP contribution in [0, 0.1) is 13.8 Å². The zero-order valence-corrected chi connectivity index (χ0v) is 15.0. The molecule has 0 unspecified atom stereocenters. The van der Waals surface area contributed by atoms with E-state index >= 15 is 0 Å². The Labute approximate surface area is 153 Å². The van der Waals surface area contributed by atoms with Crippen LogP contribution in [0.3, 0.4) is 0 Å². The largest absolute Gasteiger partial charge is 0.416 e. The van der Waals surface area contributed by atoms with Crippen molar-refractivity contribution in [2.24, 2.45) is 5.10 Å². The SMILES string of the molecule is Cc1ccc(/C=N\NC(=S)Nc2cc(C(F)(F)F)ccc2Cl)c(C)c1. The predicted octanol–water partition coefficient (Wildman–Crippen LogP) is 5.30. The Morgan fingerprint density at radius 3 is 2.52 bits per heavy atom. The molecule has 0 heterocycles. The summed E-state index contributed by atoms with van der Waals surface area (Å²) in [5.41, 5.74) is 4.88. The zero-order valence-electron chi connectivity index (χ0n) is 13.4. The molecule has 0 spiro atoms. The molecule has 0 fully saturated rings. The quantitative estimate of drug-likeness (QED) is 0.428. The van der Waals surface area contributed by atoms with E-state index in [-0.39, 0.29) is 15.8 Å². The third kappa shape index (κ3) is 5.44. The van der Waals surface area contributed by atoms with Crippen LogP contribution in [0.25, 0.3) is 0 Å². The Bertz CT molecular complexity index is 819. The van der Waals surface area contributed by atoms with Crippen molar-refractivity contribution in [1.29, 1.82) is 0 Å². The molecular formula is C17H15ClF3N3S. The number of nitrogens with one attached hydrogen (secondary N) is 2. The molecule has 2 N–H and O–H groups in total. The highest BCUT2D eigenvalue weighted by atomic mass is 35.5. The molecule has 0 atom stereocenters. The van der Waals surface area contributed by atoms with E-state index in [0.717, 1.165) is 34.9 Å². The van der Waals surface area contributed by atoms with E-state index in [1.54, 1.807) is 6.21 Å². The lowest BCUT2D eigenvalue weighted by atomic mass is 10.1. The van der Waals surface area contributed by atoms with Crippen molar-refractivity contribution in [2.75, 3.05) is 5.32 Å². The van der Waals surface area contributed by atoms with Crippen molar-refractivity contribution < 1.29 is 13.2 Å². The van der Waals surface area contributed by atoms with E-state index in [2.05, 4.69) is 15.8 Å². The number of thiocarbonyl (C=S) groups is 1. The molecular weight excluding hydrogens is 371 g/mol. The Morgan fingerprint density at radius 2 is 1.88 bits per heavy atom. The topological polar surface area (TPSA) is 36.4 Å². The first-order valence-electron chi connectivity index (χ1n) is 7.21. The van der Waals surface area contributed by atoms with Crippen molar-refractivity contribution in [2.45, 2.75) is 20.0 Å². The van der Waals surface area contributed by atoms with Crippen LogP contribution in [0.4, 0.5) is 18.9 Å². The van der Waals surface area contributed by atoms with E-state index in [4.69, 9.17) is 23.8 Å². The van der Waals surface area contributed by atoms with Crippen molar-refractivity contribution in [3.63, 3.8) is 0 Å². The summed E-state index contributed by atoms with van der Waals surface area (Å²) in [7, 11) is 0. The van der Waals surface area contributed by atoms with E-state index in [0.29, 0.717) is 0 Å². The molecule has 0 saturated heterocycles. The van der Waals surface area contributed by atoms with Gasteiger partial charge in [0.2, 0.25) is 0 Å². The average molecular weight is 386 g/mol. The first-order valence-corrected chi connectivity index (χ1v) is 7.99. The molecule has 0 radical (unpaired) electrons. The summed E-state index contributed by atoms with van der Waals surface area (Å²) in [6, 6.07) is 8.84. The Kier molecular flexibility index (Phi) is 6.02. The van der Waals surface area contributed by atoms with Crippen LogP contribution in [0.2, 0.25) is 5.02 Å². The van der Waals surface area contributed by atoms with Crippen LogP contribution in [0.5, 0.6) is 0 Å². The number of alkyl halides is 3. The number of halogens is 4. The number of hydrogen-bond acceptors (Lipinski definition) is 2. The van der Waals surface area contributed by atoms with Crippen LogP contribution < -0.4 is 10.7 Å². The minimum Gasteiger partial charge on any atom is -0.330 e. The van der Waals surface area contributed by atoms with Gasteiger partial charge in [-0.3, -0.25) is 5.43 Å². The summed E-state index contributed by atoms with van der Waals surface area (Å²) in [6.45, 7) is 3.94. The highest BCUT2D eigenvalue weighted by Crippen LogP contribution is 2.33. The van der Waals surface area contributed by atoms with E-state index in [9.17, 15) is 13.2 Å². The molecule has 0 bridgehead atoms. The van der Waals surface area contributed by atoms with Gasteiger partial charge in [0.1, 0.15) is 0 Å². The van der Waals surface area contributed by atoms with Crippen molar-refractivity contribution in [1.82, 2.24) is 5.43 Å². The number of aryl methyl sites for hydroxylation is 2. The van der Waals surface area contributed by atoms with Gasteiger partial charge in [0, 0.05) is 0 Å². The van der Waals surface area contributed by atoms with Gasteiger partial charge in [-0.1, -0.05) is 35.4 Å². The molecule has 3 nitrogen and oxygen atoms in total. The Balaban J connectivity index is 2.04. The minimum absolute atomic E-state index is 0.0299. The van der Waals surface area contributed by atoms with E-state index in [1.165, 1.54) is 0 Å². The number of benzene rings is 2. The third-order valence-electron chi connectivity index (χ3n) is 3.34. The van der Waals surface area contributed by atoms with Gasteiger partial charge >= 0.3 is 6.18 Å². The number of hydrogen-bond donors (Lipinski definition) is 2. The lowest BCUT2D eigenvalue weighted by molar-refractivity contribution is -0.137. The molecule has 8 heteroatoms. The van der Waals surface area contributed by atoms with Gasteiger partial charge in [0.05, 0.1) is 22.5 Å². The van der Waals surface area contributed by atoms with Gasteiger partial charge in [-0.05, 0) is 55.4 Å². The summed E-state index contributed by atoms with van der Waals surface area (Å²) in [5.74, 6) is 0. The second kappa shape index (κ2) is 7.84. The summed E-state index contributed by atoms with van der Waals surface area (Å²) < 4.78 is 38.3. The standard InChI is InChI=1S/C17H15ClF3N3S/c1-10-3-4-12(11(2)7-10)9-22-24-16(25)23-15-8-13(17(19,20)21)5-6-14(15)18/h3-9H,1-2H3,(H2,23,24,25)/b22-9-. The Hall–Kier alpha value is -2.12. The van der Waals surface area contributed by atoms with Crippen LogP contribution >= 0.6 is 23.8 Å². The number of anilines is 1. The minimum atomic E-state index is -4.46. The maximum absolute atomic E-state index is 12.8. The van der Waals surface area contributed by atoms with Gasteiger partial charge in [-0.2, -0.15) is 18.3 Å². The molecule has 25 heavy (non-hydrogen) atoms. The highest BCUT2D eigenvalue weighted by molar-refractivity contribution is 7.80. The molecule has 2 rings (SSSR count). The number of rotatable bonds is 3. The van der Waals surface area contributed by atoms with E-state index < -0.39 is 11.7 Å². The smallest absolute Gasteiger partial charge is 0.330 e. The fourth-order valence-corrected chi connectivity index (χ4v) is 2.41. The molecule has 2 aromatic carbocycles. The summed E-state index contributed by atoms with van der Waals surface area (Å²) >= 11 is 10.9. The highest BCUT2D eigenvalue weighted by Gasteiger charge is 2.31. The second-order valence-corrected chi connectivity index (χ2v) is 6.19. The number of hydrazone groups is 1. The molecule has 0 aromatic heterocycles. The fourth-order valence-electron chi connectivity index (χ4n) is 2.08. The molecule has 0 aliphatic heterocycles. The fraction of sp³-hybridized carbons (Fsp3) is 0.176. The summed E-state index contributed by atoms with van der Waals surface area (Å²) in [4.78, 5) is 0. The molecule has 0 amide bonds. The lowest BCUT2D eigenvalue weighted by Gasteiger charge is -2.12. The number of nitrogens with zero attached hydrogens (tertiary/aromatic N) is 1. The van der Waals surface area contributed by atoms with Crippen LogP contribution in [0.15, 0.2) is 41.5 Å². The molecule has 2 aromatic rings. The first-order chi connectivity index (χ1) is 11.7. The van der Waals surface area contributed by atoms with Crippen molar-refractivity contribution in [3.8, 4) is 0 Å².